The number of nitrogens with zero attached hydrogens (tertiary/aromatic N) is 5. The molecule has 1 aliphatic heterocycles. The number of fused-ring (bicyclic) bond motifs is 2. The number of rotatable bonds is 13. The Morgan fingerprint density at radius 3 is 2.42 bits per heavy atom. The van der Waals surface area contributed by atoms with Gasteiger partial charge in [0, 0.05) is 86.0 Å². The average Bonchev–Trinajstić information content (AvgIpc) is 3.81. The van der Waals surface area contributed by atoms with E-state index in [0.717, 1.165) is 57.7 Å². The first-order chi connectivity index (χ1) is 27.6. The van der Waals surface area contributed by atoms with E-state index in [1.165, 1.54) is 5.06 Å². The molecule has 3 heterocycles. The number of aromatic nitrogens is 3. The van der Waals surface area contributed by atoms with E-state index >= 15 is 0 Å². The molecule has 0 unspecified atom stereocenters. The van der Waals surface area contributed by atoms with Crippen LogP contribution in [0.3, 0.4) is 0 Å². The molecule has 296 valence electrons. The molecule has 2 N–H and O–H groups in total. The van der Waals surface area contributed by atoms with Gasteiger partial charge in [-0.15, -0.1) is 5.06 Å². The summed E-state index contributed by atoms with van der Waals surface area (Å²) >= 11 is 0. The van der Waals surface area contributed by atoms with Crippen molar-refractivity contribution in [2.75, 3.05) is 30.9 Å². The quantitative estimate of drug-likeness (QED) is 0.120. The van der Waals surface area contributed by atoms with E-state index in [-0.39, 0.29) is 29.7 Å². The van der Waals surface area contributed by atoms with Crippen LogP contribution in [0.5, 0.6) is 0 Å². The summed E-state index contributed by atoms with van der Waals surface area (Å²) in [6.07, 6.45) is 7.57. The standard InChI is InChI=1S/C45H51N7O5/c1-6-35-42-39(13-10-14-40(42)53)51(43(35)45(56)57-49(4)5)27-30-15-17-32(18-16-30)44(55)46-23-24-50-28-33(26-47-50)31-19-21-34(22-20-31)48-37-25-29(3)52(41(54)7-2)38-12-9-8-11-36(37)38/h8-9,11-12,15-22,26,28-29,37,48H,6-7,10,13-14,23-25,27H2,1-5H3,(H,46,55)/t29-,37+/m0/s1. The topological polar surface area (TPSA) is 131 Å². The van der Waals surface area contributed by atoms with Crippen LogP contribution in [0, 0.1) is 0 Å². The molecule has 5 aromatic rings. The van der Waals surface area contributed by atoms with E-state index in [4.69, 9.17) is 4.84 Å². The van der Waals surface area contributed by atoms with E-state index in [9.17, 15) is 19.2 Å². The molecule has 2 atom stereocenters. The first-order valence-electron chi connectivity index (χ1n) is 19.9. The number of Topliss-reactive ketones (excluding diaryl/α,β-unsaturated/α-hetero) is 1. The highest BCUT2D eigenvalue weighted by Gasteiger charge is 2.34. The largest absolute Gasteiger partial charge is 0.378 e. The SMILES string of the molecule is CCC(=O)N1c2ccccc2[C@H](Nc2ccc(-c3cnn(CCNC(=O)c4ccc(Cn5c6c(c(CC)c5C(=O)ON(C)C)C(=O)CCC6)cc4)c3)cc2)C[C@@H]1C. The molecular weight excluding hydrogens is 719 g/mol. The molecule has 12 heteroatoms. The van der Waals surface area contributed by atoms with Gasteiger partial charge in [-0.3, -0.25) is 19.1 Å². The smallest absolute Gasteiger partial charge is 0.374 e. The van der Waals surface area contributed by atoms with Gasteiger partial charge in [0.15, 0.2) is 5.78 Å². The van der Waals surface area contributed by atoms with Crippen LogP contribution in [-0.4, -0.2) is 69.7 Å². The van der Waals surface area contributed by atoms with Crippen molar-refractivity contribution in [1.29, 1.82) is 0 Å². The summed E-state index contributed by atoms with van der Waals surface area (Å²) in [6, 6.07) is 24.0. The summed E-state index contributed by atoms with van der Waals surface area (Å²) in [6.45, 7) is 7.25. The molecule has 1 aliphatic carbocycles. The number of carbonyl (C=O) groups excluding carboxylic acids is 4. The Morgan fingerprint density at radius 2 is 1.70 bits per heavy atom. The second kappa shape index (κ2) is 17.0. The zero-order chi connectivity index (χ0) is 40.2. The number of anilines is 2. The van der Waals surface area contributed by atoms with Gasteiger partial charge in [-0.2, -0.15) is 5.10 Å². The first-order valence-corrected chi connectivity index (χ1v) is 19.9. The molecule has 2 aromatic heterocycles. The molecule has 0 bridgehead atoms. The van der Waals surface area contributed by atoms with Gasteiger partial charge in [-0.25, -0.2) is 4.79 Å². The molecular formula is C45H51N7O5. The van der Waals surface area contributed by atoms with E-state index in [2.05, 4.69) is 53.0 Å². The van der Waals surface area contributed by atoms with Gasteiger partial charge < -0.3 is 24.9 Å². The highest BCUT2D eigenvalue weighted by Crippen LogP contribution is 2.39. The third-order valence-corrected chi connectivity index (χ3v) is 10.9. The van der Waals surface area contributed by atoms with Crippen LogP contribution in [0.4, 0.5) is 11.4 Å². The summed E-state index contributed by atoms with van der Waals surface area (Å²) < 4.78 is 3.75. The molecule has 7 rings (SSSR count). The fourth-order valence-electron chi connectivity index (χ4n) is 8.24. The van der Waals surface area contributed by atoms with Gasteiger partial charge in [-0.1, -0.05) is 56.3 Å². The van der Waals surface area contributed by atoms with Crippen LogP contribution in [-0.2, 0) is 35.6 Å². The number of hydrogen-bond acceptors (Lipinski definition) is 8. The van der Waals surface area contributed by atoms with Gasteiger partial charge in [0.05, 0.1) is 18.8 Å². The predicted molar refractivity (Wildman–Crippen MR) is 220 cm³/mol. The van der Waals surface area contributed by atoms with Crippen molar-refractivity contribution in [3.8, 4) is 11.1 Å². The van der Waals surface area contributed by atoms with Crippen LogP contribution >= 0.6 is 0 Å². The van der Waals surface area contributed by atoms with Crippen molar-refractivity contribution in [3.63, 3.8) is 0 Å². The summed E-state index contributed by atoms with van der Waals surface area (Å²) in [5.74, 6) is -0.462. The minimum Gasteiger partial charge on any atom is -0.378 e. The molecule has 3 aromatic carbocycles. The van der Waals surface area contributed by atoms with Gasteiger partial charge in [0.25, 0.3) is 5.91 Å². The maximum absolute atomic E-state index is 13.3. The molecule has 2 amide bonds. The van der Waals surface area contributed by atoms with Crippen molar-refractivity contribution < 1.29 is 24.0 Å². The molecule has 0 saturated carbocycles. The molecule has 0 spiro atoms. The molecule has 0 saturated heterocycles. The second-order valence-corrected chi connectivity index (χ2v) is 15.0. The zero-order valence-corrected chi connectivity index (χ0v) is 33.4. The van der Waals surface area contributed by atoms with E-state index in [1.807, 2.05) is 70.7 Å². The number of amides is 2. The lowest BCUT2D eigenvalue weighted by Gasteiger charge is -2.40. The van der Waals surface area contributed by atoms with Gasteiger partial charge in [0.1, 0.15) is 5.69 Å². The Morgan fingerprint density at radius 1 is 0.947 bits per heavy atom. The van der Waals surface area contributed by atoms with Crippen LogP contribution in [0.1, 0.15) is 106 Å². The Bertz CT molecular complexity index is 2270. The highest BCUT2D eigenvalue weighted by molar-refractivity contribution is 6.03. The fraction of sp³-hybridized carbons (Fsp3) is 0.356. The summed E-state index contributed by atoms with van der Waals surface area (Å²) in [7, 11) is 3.31. The van der Waals surface area contributed by atoms with E-state index < -0.39 is 5.97 Å². The number of hydroxylamine groups is 2. The van der Waals surface area contributed by atoms with E-state index in [1.54, 1.807) is 26.2 Å². The number of para-hydroxylation sites is 1. The minimum absolute atomic E-state index is 0.0724. The van der Waals surface area contributed by atoms with Gasteiger partial charge in [0.2, 0.25) is 5.91 Å². The maximum Gasteiger partial charge on any atom is 0.374 e. The summed E-state index contributed by atoms with van der Waals surface area (Å²) in [4.78, 5) is 59.5. The van der Waals surface area contributed by atoms with Gasteiger partial charge in [-0.05, 0) is 85.2 Å². The number of benzene rings is 3. The van der Waals surface area contributed by atoms with Crippen molar-refractivity contribution >= 4 is 34.9 Å². The average molecular weight is 770 g/mol. The minimum atomic E-state index is -0.485. The third-order valence-electron chi connectivity index (χ3n) is 10.9. The van der Waals surface area contributed by atoms with Crippen LogP contribution in [0.2, 0.25) is 0 Å². The predicted octanol–water partition coefficient (Wildman–Crippen LogP) is 7.23. The van der Waals surface area contributed by atoms with E-state index in [0.29, 0.717) is 62.1 Å². The zero-order valence-electron chi connectivity index (χ0n) is 33.4. The van der Waals surface area contributed by atoms with Crippen LogP contribution < -0.4 is 15.5 Å². The molecule has 2 aliphatic rings. The lowest BCUT2D eigenvalue weighted by atomic mass is 9.91. The number of carbonyl (C=O) groups is 4. The normalized spacial score (nSPS) is 16.2. The Labute approximate surface area is 333 Å². The molecule has 0 radical (unpaired) electrons. The Kier molecular flexibility index (Phi) is 11.7. The number of hydrogen-bond donors (Lipinski definition) is 2. The van der Waals surface area contributed by atoms with Gasteiger partial charge >= 0.3 is 5.97 Å². The lowest BCUT2D eigenvalue weighted by molar-refractivity contribution is -0.118. The van der Waals surface area contributed by atoms with Crippen LogP contribution in [0.15, 0.2) is 85.2 Å². The molecule has 0 fully saturated rings. The Hall–Kier alpha value is -6.01. The fourth-order valence-corrected chi connectivity index (χ4v) is 8.24. The maximum atomic E-state index is 13.3. The van der Waals surface area contributed by atoms with Crippen molar-refractivity contribution in [1.82, 2.24) is 24.7 Å². The third kappa shape index (κ3) is 8.27. The highest BCUT2D eigenvalue weighted by atomic mass is 16.7. The number of nitrogens with one attached hydrogen (secondary N) is 2. The molecule has 12 nitrogen and oxygen atoms in total. The Balaban J connectivity index is 0.945. The van der Waals surface area contributed by atoms with Crippen LogP contribution in [0.25, 0.3) is 11.1 Å². The van der Waals surface area contributed by atoms with Crippen molar-refractivity contribution in [2.24, 2.45) is 0 Å². The first kappa shape index (κ1) is 39.2. The second-order valence-electron chi connectivity index (χ2n) is 15.0. The van der Waals surface area contributed by atoms with Crippen molar-refractivity contribution in [2.45, 2.75) is 84.5 Å². The monoisotopic (exact) mass is 769 g/mol. The lowest BCUT2D eigenvalue weighted by Crippen LogP contribution is -2.44. The summed E-state index contributed by atoms with van der Waals surface area (Å²) in [5.41, 5.74) is 9.25. The molecule has 57 heavy (non-hydrogen) atoms. The number of ketones is 1. The van der Waals surface area contributed by atoms with Crippen molar-refractivity contribution in [3.05, 3.63) is 124 Å². The summed E-state index contributed by atoms with van der Waals surface area (Å²) in [5, 5.41) is 12.6.